The van der Waals surface area contributed by atoms with Crippen molar-refractivity contribution in [1.29, 1.82) is 0 Å². The molecular formula is C20H23N3O3S. The van der Waals surface area contributed by atoms with Gasteiger partial charge in [0.05, 0.1) is 11.5 Å². The first-order valence-corrected chi connectivity index (χ1v) is 10.1. The lowest BCUT2D eigenvalue weighted by atomic mass is 9.95. The molecule has 0 N–H and O–H groups in total. The maximum atomic E-state index is 13.1. The number of piperidine rings is 1. The Labute approximate surface area is 162 Å². The Kier molecular flexibility index (Phi) is 5.22. The fourth-order valence-electron chi connectivity index (χ4n) is 4.00. The summed E-state index contributed by atoms with van der Waals surface area (Å²) in [5.74, 6) is 0.350. The van der Waals surface area contributed by atoms with E-state index in [1.54, 1.807) is 19.4 Å². The number of nitrogens with zero attached hydrogens (tertiary/aromatic N) is 3. The van der Waals surface area contributed by atoms with E-state index in [0.29, 0.717) is 37.9 Å². The summed E-state index contributed by atoms with van der Waals surface area (Å²) in [4.78, 5) is 35.8. The molecule has 0 spiro atoms. The Morgan fingerprint density at radius 1 is 1.15 bits per heavy atom. The highest BCUT2D eigenvalue weighted by Crippen LogP contribution is 2.31. The number of rotatable bonds is 4. The van der Waals surface area contributed by atoms with Crippen molar-refractivity contribution in [2.24, 2.45) is 5.92 Å². The monoisotopic (exact) mass is 385 g/mol. The number of carbonyl (C=O) groups excluding carboxylic acids is 2. The third kappa shape index (κ3) is 3.75. The van der Waals surface area contributed by atoms with Gasteiger partial charge >= 0.3 is 0 Å². The molecule has 2 aromatic rings. The van der Waals surface area contributed by atoms with Crippen molar-refractivity contribution in [3.05, 3.63) is 52.0 Å². The molecule has 0 aromatic carbocycles. The van der Waals surface area contributed by atoms with Crippen LogP contribution in [0.5, 0.6) is 0 Å². The average molecular weight is 385 g/mol. The molecule has 0 aliphatic carbocycles. The molecule has 2 atom stereocenters. The molecule has 2 amide bonds. The molecule has 5 rings (SSSR count). The topological polar surface area (TPSA) is 62.7 Å². The zero-order valence-electron chi connectivity index (χ0n) is 15.3. The molecule has 142 valence electrons. The molecular weight excluding hydrogens is 362 g/mol. The van der Waals surface area contributed by atoms with E-state index < -0.39 is 0 Å². The van der Waals surface area contributed by atoms with Gasteiger partial charge in [-0.15, -0.1) is 11.3 Å². The van der Waals surface area contributed by atoms with Crippen molar-refractivity contribution in [3.8, 4) is 0 Å². The normalized spacial score (nSPS) is 22.0. The van der Waals surface area contributed by atoms with Crippen LogP contribution in [0.4, 0.5) is 0 Å². The number of hydrogen-bond donors (Lipinski definition) is 0. The van der Waals surface area contributed by atoms with Gasteiger partial charge in [-0.1, -0.05) is 6.07 Å². The summed E-state index contributed by atoms with van der Waals surface area (Å²) in [6, 6.07) is 9.29. The highest BCUT2D eigenvalue weighted by molar-refractivity contribution is 7.14. The summed E-state index contributed by atoms with van der Waals surface area (Å²) in [5.41, 5.74) is 0.471. The van der Waals surface area contributed by atoms with Crippen molar-refractivity contribution < 1.29 is 14.3 Å². The van der Waals surface area contributed by atoms with Gasteiger partial charge in [0.15, 0.2) is 0 Å². The predicted octanol–water partition coefficient (Wildman–Crippen LogP) is 2.67. The summed E-state index contributed by atoms with van der Waals surface area (Å²) < 4.78 is 5.15. The van der Waals surface area contributed by atoms with Crippen molar-refractivity contribution >= 4 is 23.2 Å². The standard InChI is InChI=1S/C20H23N3O3S/c1-26-13-16-7-8-18(27-16)20(25)23-11-14-5-6-15(23)12-22(10-14)19(24)17-4-2-3-9-21-17/h2-4,7-9,14-15H,5-6,10-13H2,1H3/t14-,15+/m0/s1. The van der Waals surface area contributed by atoms with Crippen LogP contribution >= 0.6 is 11.3 Å². The van der Waals surface area contributed by atoms with E-state index in [-0.39, 0.29) is 17.9 Å². The smallest absolute Gasteiger partial charge is 0.272 e. The quantitative estimate of drug-likeness (QED) is 0.812. The zero-order valence-corrected chi connectivity index (χ0v) is 16.2. The van der Waals surface area contributed by atoms with Gasteiger partial charge in [-0.2, -0.15) is 0 Å². The van der Waals surface area contributed by atoms with Crippen LogP contribution in [0.1, 0.15) is 37.9 Å². The van der Waals surface area contributed by atoms with Crippen LogP contribution in [-0.4, -0.2) is 59.4 Å². The van der Waals surface area contributed by atoms with E-state index in [9.17, 15) is 9.59 Å². The Balaban J connectivity index is 1.51. The lowest BCUT2D eigenvalue weighted by Gasteiger charge is -2.35. The Morgan fingerprint density at radius 2 is 2.04 bits per heavy atom. The van der Waals surface area contributed by atoms with Crippen molar-refractivity contribution in [2.45, 2.75) is 25.5 Å². The minimum atomic E-state index is -0.0414. The van der Waals surface area contributed by atoms with E-state index in [0.717, 1.165) is 22.6 Å². The van der Waals surface area contributed by atoms with Crippen LogP contribution in [0.3, 0.4) is 0 Å². The number of ether oxygens (including phenoxy) is 1. The zero-order chi connectivity index (χ0) is 18.8. The summed E-state index contributed by atoms with van der Waals surface area (Å²) >= 11 is 1.49. The number of pyridine rings is 1. The van der Waals surface area contributed by atoms with Crippen LogP contribution < -0.4 is 0 Å². The van der Waals surface area contributed by atoms with Crippen LogP contribution in [0.15, 0.2) is 36.5 Å². The second-order valence-electron chi connectivity index (χ2n) is 7.18. The van der Waals surface area contributed by atoms with E-state index >= 15 is 0 Å². The van der Waals surface area contributed by atoms with Crippen molar-refractivity contribution in [2.75, 3.05) is 26.7 Å². The number of fused-ring (bicyclic) bond motifs is 4. The summed E-state index contributed by atoms with van der Waals surface area (Å²) in [5, 5.41) is 0. The van der Waals surface area contributed by atoms with Gasteiger partial charge in [0.25, 0.3) is 11.8 Å². The first-order chi connectivity index (χ1) is 13.2. The fourth-order valence-corrected chi connectivity index (χ4v) is 4.94. The molecule has 3 saturated heterocycles. The molecule has 3 aliphatic rings. The van der Waals surface area contributed by atoms with Gasteiger partial charge in [-0.05, 0) is 43.0 Å². The molecule has 7 heteroatoms. The highest BCUT2D eigenvalue weighted by atomic mass is 32.1. The van der Waals surface area contributed by atoms with E-state index in [1.165, 1.54) is 11.3 Å². The van der Waals surface area contributed by atoms with Crippen LogP contribution in [-0.2, 0) is 11.3 Å². The second-order valence-corrected chi connectivity index (χ2v) is 8.35. The largest absolute Gasteiger partial charge is 0.379 e. The number of hydrogen-bond acceptors (Lipinski definition) is 5. The average Bonchev–Trinajstić information content (AvgIpc) is 2.97. The molecule has 0 saturated carbocycles. The fraction of sp³-hybridized carbons (Fsp3) is 0.450. The predicted molar refractivity (Wildman–Crippen MR) is 103 cm³/mol. The lowest BCUT2D eigenvalue weighted by molar-refractivity contribution is 0.0578. The van der Waals surface area contributed by atoms with Gasteiger partial charge in [-0.25, -0.2) is 0 Å². The first kappa shape index (κ1) is 18.1. The van der Waals surface area contributed by atoms with Gasteiger partial charge in [0, 0.05) is 43.9 Å². The minimum Gasteiger partial charge on any atom is -0.379 e. The first-order valence-electron chi connectivity index (χ1n) is 9.24. The highest BCUT2D eigenvalue weighted by Gasteiger charge is 2.39. The maximum absolute atomic E-state index is 13.1. The van der Waals surface area contributed by atoms with E-state index in [1.807, 2.05) is 34.1 Å². The van der Waals surface area contributed by atoms with Crippen molar-refractivity contribution in [3.63, 3.8) is 0 Å². The maximum Gasteiger partial charge on any atom is 0.272 e. The molecule has 27 heavy (non-hydrogen) atoms. The Bertz CT molecular complexity index is 823. The van der Waals surface area contributed by atoms with Crippen LogP contribution in [0, 0.1) is 5.92 Å². The van der Waals surface area contributed by atoms with E-state index in [4.69, 9.17) is 4.74 Å². The lowest BCUT2D eigenvalue weighted by Crippen LogP contribution is -2.47. The molecule has 3 fully saturated rings. The van der Waals surface area contributed by atoms with Gasteiger partial charge in [-0.3, -0.25) is 14.6 Å². The summed E-state index contributed by atoms with van der Waals surface area (Å²) in [7, 11) is 1.65. The van der Waals surface area contributed by atoms with Crippen molar-refractivity contribution in [1.82, 2.24) is 14.8 Å². The van der Waals surface area contributed by atoms with Crippen LogP contribution in [0.2, 0.25) is 0 Å². The molecule has 0 radical (unpaired) electrons. The SMILES string of the molecule is COCc1ccc(C(=O)N2C[C@H]3CC[C@@H]2CN(C(=O)c2ccccn2)C3)s1. The van der Waals surface area contributed by atoms with Gasteiger partial charge in [0.1, 0.15) is 5.69 Å². The Morgan fingerprint density at radius 3 is 2.81 bits per heavy atom. The molecule has 2 aromatic heterocycles. The number of carbonyl (C=O) groups is 2. The Hall–Kier alpha value is -2.25. The summed E-state index contributed by atoms with van der Waals surface area (Å²) in [6.07, 6.45) is 3.64. The molecule has 3 aliphatic heterocycles. The number of amides is 2. The van der Waals surface area contributed by atoms with Gasteiger partial charge < -0.3 is 14.5 Å². The minimum absolute atomic E-state index is 0.0414. The summed E-state index contributed by atoms with van der Waals surface area (Å²) in [6.45, 7) is 2.51. The van der Waals surface area contributed by atoms with Gasteiger partial charge in [0.2, 0.25) is 0 Å². The molecule has 5 heterocycles. The third-order valence-corrected chi connectivity index (χ3v) is 6.35. The number of aromatic nitrogens is 1. The number of methoxy groups -OCH3 is 1. The van der Waals surface area contributed by atoms with Crippen LogP contribution in [0.25, 0.3) is 0 Å². The third-order valence-electron chi connectivity index (χ3n) is 5.30. The molecule has 0 unspecified atom stereocenters. The molecule has 6 nitrogen and oxygen atoms in total. The number of thiophene rings is 1. The molecule has 2 bridgehead atoms. The second kappa shape index (κ2) is 7.78. The van der Waals surface area contributed by atoms with E-state index in [2.05, 4.69) is 4.98 Å².